The van der Waals surface area contributed by atoms with Gasteiger partial charge in [-0.25, -0.2) is 0 Å². The summed E-state index contributed by atoms with van der Waals surface area (Å²) in [6, 6.07) is 8.95. The minimum Gasteiger partial charge on any atom is -0.469 e. The Morgan fingerprint density at radius 1 is 1.16 bits per heavy atom. The minimum atomic E-state index is -0.224. The van der Waals surface area contributed by atoms with Crippen LogP contribution >= 0.6 is 0 Å². The van der Waals surface area contributed by atoms with Crippen molar-refractivity contribution < 1.29 is 14.3 Å². The number of nitrogens with one attached hydrogen (secondary N) is 1. The fraction of sp³-hybridized carbons (Fsp3) is 0.467. The van der Waals surface area contributed by atoms with E-state index in [1.54, 1.807) is 12.1 Å². The van der Waals surface area contributed by atoms with E-state index in [4.69, 9.17) is 4.74 Å². The minimum absolute atomic E-state index is 0.117. The maximum Gasteiger partial charge on any atom is 0.310 e. The van der Waals surface area contributed by atoms with Gasteiger partial charge in [-0.15, -0.1) is 0 Å². The van der Waals surface area contributed by atoms with Crippen LogP contribution in [0.1, 0.15) is 36.0 Å². The average Bonchev–Trinajstić information content (AvgIpc) is 2.48. The first-order valence-electron chi connectivity index (χ1n) is 6.66. The zero-order valence-electron chi connectivity index (χ0n) is 11.1. The molecule has 4 heteroatoms. The highest BCUT2D eigenvalue weighted by Gasteiger charge is 2.32. The molecule has 0 heterocycles. The molecule has 1 N–H and O–H groups in total. The van der Waals surface area contributed by atoms with Gasteiger partial charge in [0, 0.05) is 11.6 Å². The SMILES string of the molecule is COC(=O)[C@H]1CCCC[C@H]1NC(=O)c1ccccc1. The third-order valence-electron chi connectivity index (χ3n) is 3.62. The van der Waals surface area contributed by atoms with Crippen molar-refractivity contribution in [3.8, 4) is 0 Å². The monoisotopic (exact) mass is 261 g/mol. The van der Waals surface area contributed by atoms with Crippen molar-refractivity contribution in [3.63, 3.8) is 0 Å². The lowest BCUT2D eigenvalue weighted by Crippen LogP contribution is -2.45. The van der Waals surface area contributed by atoms with E-state index in [1.165, 1.54) is 7.11 Å². The average molecular weight is 261 g/mol. The van der Waals surface area contributed by atoms with Gasteiger partial charge in [0.05, 0.1) is 13.0 Å². The van der Waals surface area contributed by atoms with Gasteiger partial charge in [-0.3, -0.25) is 9.59 Å². The summed E-state index contributed by atoms with van der Waals surface area (Å²) in [6.07, 6.45) is 3.66. The predicted octanol–water partition coefficient (Wildman–Crippen LogP) is 2.15. The maximum atomic E-state index is 12.1. The van der Waals surface area contributed by atoms with Crippen molar-refractivity contribution in [3.05, 3.63) is 35.9 Å². The molecule has 19 heavy (non-hydrogen) atoms. The second-order valence-corrected chi connectivity index (χ2v) is 4.86. The van der Waals surface area contributed by atoms with Gasteiger partial charge < -0.3 is 10.1 Å². The second-order valence-electron chi connectivity index (χ2n) is 4.86. The highest BCUT2D eigenvalue weighted by Crippen LogP contribution is 2.25. The summed E-state index contributed by atoms with van der Waals surface area (Å²) >= 11 is 0. The molecule has 2 atom stereocenters. The third-order valence-corrected chi connectivity index (χ3v) is 3.62. The van der Waals surface area contributed by atoms with Crippen molar-refractivity contribution in [2.45, 2.75) is 31.7 Å². The van der Waals surface area contributed by atoms with E-state index in [0.717, 1.165) is 25.7 Å². The molecule has 1 fully saturated rings. The van der Waals surface area contributed by atoms with Gasteiger partial charge in [-0.05, 0) is 25.0 Å². The Bertz CT molecular complexity index is 444. The van der Waals surface area contributed by atoms with E-state index < -0.39 is 0 Å². The lowest BCUT2D eigenvalue weighted by atomic mass is 9.84. The number of rotatable bonds is 3. The molecule has 0 aromatic heterocycles. The van der Waals surface area contributed by atoms with Gasteiger partial charge >= 0.3 is 5.97 Å². The Kier molecular flexibility index (Phi) is 4.55. The van der Waals surface area contributed by atoms with E-state index in [9.17, 15) is 9.59 Å². The highest BCUT2D eigenvalue weighted by atomic mass is 16.5. The van der Waals surface area contributed by atoms with Gasteiger partial charge in [0.1, 0.15) is 0 Å². The van der Waals surface area contributed by atoms with E-state index >= 15 is 0 Å². The van der Waals surface area contributed by atoms with Crippen molar-refractivity contribution in [1.29, 1.82) is 0 Å². The van der Waals surface area contributed by atoms with Crippen LogP contribution in [0, 0.1) is 5.92 Å². The fourth-order valence-electron chi connectivity index (χ4n) is 2.58. The number of esters is 1. The van der Waals surface area contributed by atoms with E-state index in [-0.39, 0.29) is 23.8 Å². The Morgan fingerprint density at radius 3 is 2.53 bits per heavy atom. The molecule has 1 aromatic rings. The number of amides is 1. The Morgan fingerprint density at radius 2 is 1.84 bits per heavy atom. The molecule has 0 aliphatic heterocycles. The standard InChI is InChI=1S/C15H19NO3/c1-19-15(18)12-9-5-6-10-13(12)16-14(17)11-7-3-2-4-8-11/h2-4,7-8,12-13H,5-6,9-10H2,1H3,(H,16,17)/t12-,13+/m0/s1. The van der Waals surface area contributed by atoms with Gasteiger partial charge in [0.2, 0.25) is 0 Å². The summed E-state index contributed by atoms with van der Waals surface area (Å²) in [4.78, 5) is 23.8. The molecule has 0 bridgehead atoms. The number of benzene rings is 1. The normalized spacial score (nSPS) is 22.6. The first-order valence-corrected chi connectivity index (χ1v) is 6.66. The first-order chi connectivity index (χ1) is 9.22. The summed E-state index contributed by atoms with van der Waals surface area (Å²) in [6.45, 7) is 0. The molecular formula is C15H19NO3. The summed E-state index contributed by atoms with van der Waals surface area (Å²) in [5.74, 6) is -0.564. The second kappa shape index (κ2) is 6.36. The molecule has 1 aromatic carbocycles. The Labute approximate surface area is 113 Å². The lowest BCUT2D eigenvalue weighted by molar-refractivity contribution is -0.147. The van der Waals surface area contributed by atoms with Crippen molar-refractivity contribution >= 4 is 11.9 Å². The van der Waals surface area contributed by atoms with E-state index in [1.807, 2.05) is 18.2 Å². The summed E-state index contributed by atoms with van der Waals surface area (Å²) in [5, 5.41) is 2.96. The van der Waals surface area contributed by atoms with Gasteiger partial charge in [0.15, 0.2) is 0 Å². The molecular weight excluding hydrogens is 242 g/mol. The number of carbonyl (C=O) groups excluding carboxylic acids is 2. The van der Waals surface area contributed by atoms with Crippen molar-refractivity contribution in [2.75, 3.05) is 7.11 Å². The zero-order valence-corrected chi connectivity index (χ0v) is 11.1. The van der Waals surface area contributed by atoms with Crippen molar-refractivity contribution in [1.82, 2.24) is 5.32 Å². The molecule has 0 saturated heterocycles. The molecule has 2 rings (SSSR count). The maximum absolute atomic E-state index is 12.1. The largest absolute Gasteiger partial charge is 0.469 e. The van der Waals surface area contributed by atoms with Crippen molar-refractivity contribution in [2.24, 2.45) is 5.92 Å². The summed E-state index contributed by atoms with van der Waals surface area (Å²) < 4.78 is 4.82. The summed E-state index contributed by atoms with van der Waals surface area (Å²) in [5.41, 5.74) is 0.622. The number of methoxy groups -OCH3 is 1. The molecule has 0 radical (unpaired) electrons. The molecule has 1 aliphatic rings. The molecule has 1 aliphatic carbocycles. The van der Waals surface area contributed by atoms with Crippen LogP contribution in [0.3, 0.4) is 0 Å². The number of carbonyl (C=O) groups is 2. The lowest BCUT2D eigenvalue weighted by Gasteiger charge is -2.30. The molecule has 1 saturated carbocycles. The van der Waals surface area contributed by atoms with E-state index in [0.29, 0.717) is 5.56 Å². The van der Waals surface area contributed by atoms with Crippen LogP contribution in [0.5, 0.6) is 0 Å². The van der Waals surface area contributed by atoms with Crippen LogP contribution in [0.15, 0.2) is 30.3 Å². The Hall–Kier alpha value is -1.84. The first kappa shape index (κ1) is 13.6. The topological polar surface area (TPSA) is 55.4 Å². The Balaban J connectivity index is 2.03. The zero-order chi connectivity index (χ0) is 13.7. The van der Waals surface area contributed by atoms with Gasteiger partial charge in [-0.1, -0.05) is 31.0 Å². The van der Waals surface area contributed by atoms with Crippen LogP contribution in [0.4, 0.5) is 0 Å². The molecule has 1 amide bonds. The molecule has 0 unspecified atom stereocenters. The van der Waals surface area contributed by atoms with Crippen LogP contribution < -0.4 is 5.32 Å². The van der Waals surface area contributed by atoms with Crippen LogP contribution in [0.2, 0.25) is 0 Å². The third kappa shape index (κ3) is 3.34. The number of hydrogen-bond acceptors (Lipinski definition) is 3. The smallest absolute Gasteiger partial charge is 0.310 e. The number of hydrogen-bond donors (Lipinski definition) is 1. The van der Waals surface area contributed by atoms with Crippen LogP contribution in [-0.2, 0) is 9.53 Å². The van der Waals surface area contributed by atoms with Gasteiger partial charge in [-0.2, -0.15) is 0 Å². The van der Waals surface area contributed by atoms with Crippen LogP contribution in [-0.4, -0.2) is 25.0 Å². The quantitative estimate of drug-likeness (QED) is 0.848. The predicted molar refractivity (Wildman–Crippen MR) is 71.7 cm³/mol. The fourth-order valence-corrected chi connectivity index (χ4v) is 2.58. The highest BCUT2D eigenvalue weighted by molar-refractivity contribution is 5.94. The molecule has 0 spiro atoms. The van der Waals surface area contributed by atoms with Gasteiger partial charge in [0.25, 0.3) is 5.91 Å². The number of ether oxygens (including phenoxy) is 1. The summed E-state index contributed by atoms with van der Waals surface area (Å²) in [7, 11) is 1.40. The van der Waals surface area contributed by atoms with Crippen LogP contribution in [0.25, 0.3) is 0 Å². The molecule has 4 nitrogen and oxygen atoms in total. The van der Waals surface area contributed by atoms with E-state index in [2.05, 4.69) is 5.32 Å². The molecule has 102 valence electrons.